The summed E-state index contributed by atoms with van der Waals surface area (Å²) >= 11 is 1.73. The van der Waals surface area contributed by atoms with Crippen molar-refractivity contribution in [3.8, 4) is 0 Å². The van der Waals surface area contributed by atoms with Crippen LogP contribution in [0.1, 0.15) is 30.6 Å². The van der Waals surface area contributed by atoms with Gasteiger partial charge in [0.25, 0.3) is 0 Å². The standard InChI is InChI=1S/C12H18N2OS/c13-12(5-2-6-12)9-11(15)14-7-4-10-3-1-8-16-10/h1,3,8H,2,4-7,9,13H2,(H,14,15). The van der Waals surface area contributed by atoms with Gasteiger partial charge in [-0.1, -0.05) is 6.07 Å². The van der Waals surface area contributed by atoms with E-state index in [4.69, 9.17) is 5.73 Å². The lowest BCUT2D eigenvalue weighted by Gasteiger charge is -2.37. The summed E-state index contributed by atoms with van der Waals surface area (Å²) in [4.78, 5) is 12.9. The summed E-state index contributed by atoms with van der Waals surface area (Å²) in [5.74, 6) is 0.0961. The highest BCUT2D eigenvalue weighted by molar-refractivity contribution is 7.09. The molecule has 88 valence electrons. The number of rotatable bonds is 5. The molecule has 1 amide bonds. The molecule has 0 radical (unpaired) electrons. The van der Waals surface area contributed by atoms with Gasteiger partial charge in [-0.3, -0.25) is 4.79 Å². The molecule has 0 saturated heterocycles. The van der Waals surface area contributed by atoms with Crippen molar-refractivity contribution in [3.05, 3.63) is 22.4 Å². The van der Waals surface area contributed by atoms with Crippen LogP contribution in [0.5, 0.6) is 0 Å². The molecular weight excluding hydrogens is 220 g/mol. The van der Waals surface area contributed by atoms with E-state index < -0.39 is 0 Å². The molecular formula is C12H18N2OS. The number of nitrogens with two attached hydrogens (primary N) is 1. The highest BCUT2D eigenvalue weighted by atomic mass is 32.1. The minimum Gasteiger partial charge on any atom is -0.356 e. The van der Waals surface area contributed by atoms with Gasteiger partial charge in [-0.15, -0.1) is 11.3 Å². The number of nitrogens with one attached hydrogen (secondary N) is 1. The van der Waals surface area contributed by atoms with Gasteiger partial charge >= 0.3 is 0 Å². The average molecular weight is 238 g/mol. The number of thiophene rings is 1. The van der Waals surface area contributed by atoms with E-state index in [1.807, 2.05) is 6.07 Å². The molecule has 0 bridgehead atoms. The Morgan fingerprint density at radius 2 is 2.38 bits per heavy atom. The van der Waals surface area contributed by atoms with Gasteiger partial charge in [0.05, 0.1) is 0 Å². The second kappa shape index (κ2) is 4.97. The van der Waals surface area contributed by atoms with Crippen molar-refractivity contribution in [2.45, 2.75) is 37.6 Å². The maximum absolute atomic E-state index is 11.6. The van der Waals surface area contributed by atoms with Gasteiger partial charge in [0.2, 0.25) is 5.91 Å². The third-order valence-corrected chi connectivity index (χ3v) is 4.07. The Hall–Kier alpha value is -0.870. The van der Waals surface area contributed by atoms with Crippen molar-refractivity contribution in [2.24, 2.45) is 5.73 Å². The second-order valence-electron chi connectivity index (χ2n) is 4.57. The first kappa shape index (κ1) is 11.6. The van der Waals surface area contributed by atoms with E-state index in [9.17, 15) is 4.79 Å². The predicted molar refractivity (Wildman–Crippen MR) is 66.4 cm³/mol. The zero-order chi connectivity index (χ0) is 11.4. The van der Waals surface area contributed by atoms with E-state index in [-0.39, 0.29) is 11.4 Å². The highest BCUT2D eigenvalue weighted by Gasteiger charge is 2.34. The first-order valence-electron chi connectivity index (χ1n) is 5.76. The topological polar surface area (TPSA) is 55.1 Å². The van der Waals surface area contributed by atoms with Crippen LogP contribution in [0.25, 0.3) is 0 Å². The van der Waals surface area contributed by atoms with Gasteiger partial charge in [-0.05, 0) is 37.1 Å². The first-order valence-corrected chi connectivity index (χ1v) is 6.64. The molecule has 0 spiro atoms. The van der Waals surface area contributed by atoms with E-state index in [1.54, 1.807) is 11.3 Å². The van der Waals surface area contributed by atoms with Gasteiger partial charge in [0.15, 0.2) is 0 Å². The van der Waals surface area contributed by atoms with Crippen LogP contribution < -0.4 is 11.1 Å². The number of amides is 1. The fourth-order valence-corrected chi connectivity index (χ4v) is 2.68. The molecule has 1 heterocycles. The van der Waals surface area contributed by atoms with Crippen molar-refractivity contribution in [3.63, 3.8) is 0 Å². The molecule has 1 fully saturated rings. The van der Waals surface area contributed by atoms with Crippen LogP contribution in [0.4, 0.5) is 0 Å². The van der Waals surface area contributed by atoms with E-state index in [0.29, 0.717) is 6.42 Å². The molecule has 1 aromatic heterocycles. The summed E-state index contributed by atoms with van der Waals surface area (Å²) in [6, 6.07) is 4.12. The Labute approximate surface area is 100 Å². The van der Waals surface area contributed by atoms with Crippen LogP contribution in [0.2, 0.25) is 0 Å². The minimum absolute atomic E-state index is 0.0961. The molecule has 1 saturated carbocycles. The van der Waals surface area contributed by atoms with E-state index in [2.05, 4.69) is 16.8 Å². The molecule has 0 aromatic carbocycles. The van der Waals surface area contributed by atoms with Crippen LogP contribution in [-0.4, -0.2) is 18.0 Å². The molecule has 3 N–H and O–H groups in total. The summed E-state index contributed by atoms with van der Waals surface area (Å²) in [6.45, 7) is 0.718. The van der Waals surface area contributed by atoms with Gasteiger partial charge < -0.3 is 11.1 Å². The fourth-order valence-electron chi connectivity index (χ4n) is 1.97. The number of hydrogen-bond donors (Lipinski definition) is 2. The molecule has 1 aliphatic carbocycles. The lowest BCUT2D eigenvalue weighted by Crippen LogP contribution is -2.50. The summed E-state index contributed by atoms with van der Waals surface area (Å²) < 4.78 is 0. The van der Waals surface area contributed by atoms with Gasteiger partial charge in [0, 0.05) is 23.4 Å². The molecule has 3 nitrogen and oxygen atoms in total. The van der Waals surface area contributed by atoms with E-state index in [0.717, 1.165) is 25.8 Å². The van der Waals surface area contributed by atoms with Gasteiger partial charge in [-0.2, -0.15) is 0 Å². The minimum atomic E-state index is -0.201. The van der Waals surface area contributed by atoms with Gasteiger partial charge in [-0.25, -0.2) is 0 Å². The smallest absolute Gasteiger partial charge is 0.221 e. The molecule has 0 aliphatic heterocycles. The lowest BCUT2D eigenvalue weighted by atomic mass is 9.75. The van der Waals surface area contributed by atoms with Gasteiger partial charge in [0.1, 0.15) is 0 Å². The normalized spacial score (nSPS) is 17.8. The highest BCUT2D eigenvalue weighted by Crippen LogP contribution is 2.31. The Kier molecular flexibility index (Phi) is 3.61. The summed E-state index contributed by atoms with van der Waals surface area (Å²) in [7, 11) is 0. The molecule has 1 aliphatic rings. The third kappa shape index (κ3) is 3.06. The Balaban J connectivity index is 1.64. The summed E-state index contributed by atoms with van der Waals surface area (Å²) in [5.41, 5.74) is 5.81. The lowest BCUT2D eigenvalue weighted by molar-refractivity contribution is -0.122. The monoisotopic (exact) mass is 238 g/mol. The predicted octanol–water partition coefficient (Wildman–Crippen LogP) is 1.68. The largest absolute Gasteiger partial charge is 0.356 e. The number of hydrogen-bond acceptors (Lipinski definition) is 3. The molecule has 0 atom stereocenters. The second-order valence-corrected chi connectivity index (χ2v) is 5.60. The van der Waals surface area contributed by atoms with Crippen LogP contribution >= 0.6 is 11.3 Å². The van der Waals surface area contributed by atoms with Crippen molar-refractivity contribution in [1.82, 2.24) is 5.32 Å². The van der Waals surface area contributed by atoms with Crippen LogP contribution in [0, 0.1) is 0 Å². The fraction of sp³-hybridized carbons (Fsp3) is 0.583. The maximum atomic E-state index is 11.6. The van der Waals surface area contributed by atoms with E-state index >= 15 is 0 Å². The molecule has 0 unspecified atom stereocenters. The molecule has 16 heavy (non-hydrogen) atoms. The van der Waals surface area contributed by atoms with Crippen LogP contribution in [-0.2, 0) is 11.2 Å². The van der Waals surface area contributed by atoms with E-state index in [1.165, 1.54) is 11.3 Å². The first-order chi connectivity index (χ1) is 7.68. The summed E-state index contributed by atoms with van der Waals surface area (Å²) in [6.07, 6.45) is 4.55. The Bertz CT molecular complexity index is 344. The Morgan fingerprint density at radius 1 is 1.56 bits per heavy atom. The number of carbonyl (C=O) groups is 1. The maximum Gasteiger partial charge on any atom is 0.221 e. The molecule has 1 aromatic rings. The Morgan fingerprint density at radius 3 is 2.94 bits per heavy atom. The van der Waals surface area contributed by atoms with Crippen LogP contribution in [0.3, 0.4) is 0 Å². The zero-order valence-electron chi connectivity index (χ0n) is 9.37. The summed E-state index contributed by atoms with van der Waals surface area (Å²) in [5, 5.41) is 4.99. The SMILES string of the molecule is NC1(CC(=O)NCCc2cccs2)CCC1. The third-order valence-electron chi connectivity index (χ3n) is 3.14. The van der Waals surface area contributed by atoms with Crippen molar-refractivity contribution < 1.29 is 4.79 Å². The number of carbonyl (C=O) groups excluding carboxylic acids is 1. The average Bonchev–Trinajstić information content (AvgIpc) is 2.68. The van der Waals surface area contributed by atoms with Crippen LogP contribution in [0.15, 0.2) is 17.5 Å². The zero-order valence-corrected chi connectivity index (χ0v) is 10.2. The van der Waals surface area contributed by atoms with Crippen molar-refractivity contribution in [2.75, 3.05) is 6.54 Å². The van der Waals surface area contributed by atoms with Crippen molar-refractivity contribution >= 4 is 17.2 Å². The molecule has 4 heteroatoms. The van der Waals surface area contributed by atoms with Crippen molar-refractivity contribution in [1.29, 1.82) is 0 Å². The quantitative estimate of drug-likeness (QED) is 0.820. The molecule has 2 rings (SSSR count).